The molecule has 4 heteroatoms. The Morgan fingerprint density at radius 2 is 2.05 bits per heavy atom. The van der Waals surface area contributed by atoms with Crippen molar-refractivity contribution in [2.24, 2.45) is 11.7 Å². The average molecular weight is 263 g/mol. The van der Waals surface area contributed by atoms with E-state index in [1.165, 1.54) is 0 Å². The number of rotatable bonds is 7. The van der Waals surface area contributed by atoms with Crippen LogP contribution in [0.3, 0.4) is 0 Å². The largest absolute Gasteiger partial charge is 0.366 e. The first kappa shape index (κ1) is 15.7. The summed E-state index contributed by atoms with van der Waals surface area (Å²) in [6, 6.07) is 7.89. The summed E-state index contributed by atoms with van der Waals surface area (Å²) in [6.45, 7) is 6.16. The second-order valence-electron chi connectivity index (χ2n) is 5.56. The van der Waals surface area contributed by atoms with Crippen LogP contribution in [0.5, 0.6) is 0 Å². The van der Waals surface area contributed by atoms with Crippen molar-refractivity contribution >= 4 is 5.91 Å². The molecule has 1 amide bonds. The Bertz CT molecular complexity index is 416. The highest BCUT2D eigenvalue weighted by Crippen LogP contribution is 2.07. The molecule has 0 saturated heterocycles. The third-order valence-electron chi connectivity index (χ3n) is 3.15. The van der Waals surface area contributed by atoms with Gasteiger partial charge in [-0.05, 0) is 37.7 Å². The van der Waals surface area contributed by atoms with Gasteiger partial charge in [0.15, 0.2) is 0 Å². The fraction of sp³-hybridized carbons (Fsp3) is 0.533. The zero-order chi connectivity index (χ0) is 14.4. The number of benzene rings is 1. The van der Waals surface area contributed by atoms with Gasteiger partial charge in [-0.25, -0.2) is 0 Å². The third-order valence-corrected chi connectivity index (χ3v) is 3.15. The van der Waals surface area contributed by atoms with Gasteiger partial charge in [-0.3, -0.25) is 4.79 Å². The quantitative estimate of drug-likeness (QED) is 0.783. The zero-order valence-corrected chi connectivity index (χ0v) is 12.3. The molecule has 0 aliphatic heterocycles. The Balaban J connectivity index is 2.63. The molecule has 0 saturated carbocycles. The molecule has 1 unspecified atom stereocenters. The minimum atomic E-state index is -0.379. The molecule has 1 rings (SSSR count). The van der Waals surface area contributed by atoms with Crippen molar-refractivity contribution in [1.82, 2.24) is 10.2 Å². The summed E-state index contributed by atoms with van der Waals surface area (Å²) in [5.74, 6) is 0.178. The predicted molar refractivity (Wildman–Crippen MR) is 79.0 cm³/mol. The Morgan fingerprint density at radius 1 is 1.37 bits per heavy atom. The van der Waals surface area contributed by atoms with E-state index in [0.717, 1.165) is 18.7 Å². The lowest BCUT2D eigenvalue weighted by Gasteiger charge is -2.25. The summed E-state index contributed by atoms with van der Waals surface area (Å²) >= 11 is 0. The number of carbonyl (C=O) groups excluding carboxylic acids is 1. The summed E-state index contributed by atoms with van der Waals surface area (Å²) in [6.07, 6.45) is 0. The summed E-state index contributed by atoms with van der Waals surface area (Å²) in [5, 5.41) is 3.54. The lowest BCUT2D eigenvalue weighted by atomic mass is 10.0. The smallest absolute Gasteiger partial charge is 0.248 e. The van der Waals surface area contributed by atoms with E-state index in [1.807, 2.05) is 18.2 Å². The third kappa shape index (κ3) is 5.41. The van der Waals surface area contributed by atoms with E-state index in [4.69, 9.17) is 5.73 Å². The van der Waals surface area contributed by atoms with Crippen LogP contribution in [0, 0.1) is 5.92 Å². The molecule has 0 fully saturated rings. The topological polar surface area (TPSA) is 58.4 Å². The highest BCUT2D eigenvalue weighted by molar-refractivity contribution is 5.92. The summed E-state index contributed by atoms with van der Waals surface area (Å²) in [7, 11) is 4.15. The number of nitrogens with zero attached hydrogens (tertiary/aromatic N) is 1. The number of carbonyl (C=O) groups is 1. The molecule has 0 heterocycles. The van der Waals surface area contributed by atoms with Gasteiger partial charge in [-0.2, -0.15) is 0 Å². The molecule has 4 nitrogen and oxygen atoms in total. The predicted octanol–water partition coefficient (Wildman–Crippen LogP) is 1.46. The van der Waals surface area contributed by atoms with Crippen LogP contribution in [0.15, 0.2) is 24.3 Å². The van der Waals surface area contributed by atoms with E-state index in [2.05, 4.69) is 38.2 Å². The van der Waals surface area contributed by atoms with Gasteiger partial charge < -0.3 is 16.0 Å². The van der Waals surface area contributed by atoms with Gasteiger partial charge in [-0.1, -0.05) is 26.0 Å². The maximum Gasteiger partial charge on any atom is 0.248 e. The minimum Gasteiger partial charge on any atom is -0.366 e. The molecule has 0 aliphatic rings. The number of nitrogens with two attached hydrogens (primary N) is 1. The number of nitrogens with one attached hydrogen (secondary N) is 1. The van der Waals surface area contributed by atoms with Crippen LogP contribution in [0.25, 0.3) is 0 Å². The fourth-order valence-electron chi connectivity index (χ4n) is 1.99. The number of amides is 1. The second-order valence-corrected chi connectivity index (χ2v) is 5.56. The first-order chi connectivity index (χ1) is 8.90. The first-order valence-corrected chi connectivity index (χ1v) is 6.67. The van der Waals surface area contributed by atoms with Crippen molar-refractivity contribution in [2.75, 3.05) is 20.6 Å². The van der Waals surface area contributed by atoms with Crippen molar-refractivity contribution in [1.29, 1.82) is 0 Å². The Morgan fingerprint density at radius 3 is 2.58 bits per heavy atom. The van der Waals surface area contributed by atoms with Crippen LogP contribution in [0.4, 0.5) is 0 Å². The molecule has 3 N–H and O–H groups in total. The molecule has 1 aromatic rings. The highest BCUT2D eigenvalue weighted by atomic mass is 16.1. The van der Waals surface area contributed by atoms with E-state index >= 15 is 0 Å². The molecule has 1 aromatic carbocycles. The summed E-state index contributed by atoms with van der Waals surface area (Å²) < 4.78 is 0. The van der Waals surface area contributed by atoms with Crippen molar-refractivity contribution in [2.45, 2.75) is 26.4 Å². The molecule has 1 atom stereocenters. The molecular weight excluding hydrogens is 238 g/mol. The molecule has 0 spiro atoms. The van der Waals surface area contributed by atoms with E-state index < -0.39 is 0 Å². The van der Waals surface area contributed by atoms with E-state index in [0.29, 0.717) is 17.5 Å². The van der Waals surface area contributed by atoms with Gasteiger partial charge in [-0.15, -0.1) is 0 Å². The molecule has 19 heavy (non-hydrogen) atoms. The van der Waals surface area contributed by atoms with Gasteiger partial charge in [0.05, 0.1) is 0 Å². The van der Waals surface area contributed by atoms with Crippen molar-refractivity contribution in [3.05, 3.63) is 35.4 Å². The van der Waals surface area contributed by atoms with Crippen LogP contribution >= 0.6 is 0 Å². The monoisotopic (exact) mass is 263 g/mol. The number of hydrogen-bond donors (Lipinski definition) is 2. The zero-order valence-electron chi connectivity index (χ0n) is 12.3. The van der Waals surface area contributed by atoms with Crippen molar-refractivity contribution in [3.8, 4) is 0 Å². The van der Waals surface area contributed by atoms with Gasteiger partial charge >= 0.3 is 0 Å². The van der Waals surface area contributed by atoms with Gasteiger partial charge in [0.2, 0.25) is 5.91 Å². The maximum absolute atomic E-state index is 11.1. The van der Waals surface area contributed by atoms with Crippen molar-refractivity contribution < 1.29 is 4.79 Å². The molecule has 0 radical (unpaired) electrons. The normalized spacial score (nSPS) is 12.9. The molecular formula is C15H25N3O. The molecule has 0 aromatic heterocycles. The first-order valence-electron chi connectivity index (χ1n) is 6.67. The SMILES string of the molecule is CC(C)C(CN(C)C)NCc1cccc(C(N)=O)c1. The van der Waals surface area contributed by atoms with Crippen LogP contribution in [0.1, 0.15) is 29.8 Å². The lowest BCUT2D eigenvalue weighted by Crippen LogP contribution is -2.41. The van der Waals surface area contributed by atoms with E-state index in [1.54, 1.807) is 6.07 Å². The number of likely N-dealkylation sites (N-methyl/N-ethyl adjacent to an activating group) is 1. The fourth-order valence-corrected chi connectivity index (χ4v) is 1.99. The van der Waals surface area contributed by atoms with Crippen LogP contribution in [-0.2, 0) is 6.54 Å². The van der Waals surface area contributed by atoms with Gasteiger partial charge in [0.1, 0.15) is 0 Å². The molecule has 0 bridgehead atoms. The molecule has 106 valence electrons. The average Bonchev–Trinajstić information content (AvgIpc) is 2.34. The van der Waals surface area contributed by atoms with Crippen LogP contribution < -0.4 is 11.1 Å². The minimum absolute atomic E-state index is 0.379. The van der Waals surface area contributed by atoms with E-state index in [-0.39, 0.29) is 5.91 Å². The molecule has 0 aliphatic carbocycles. The Hall–Kier alpha value is -1.39. The highest BCUT2D eigenvalue weighted by Gasteiger charge is 2.13. The van der Waals surface area contributed by atoms with Crippen molar-refractivity contribution in [3.63, 3.8) is 0 Å². The second kappa shape index (κ2) is 7.26. The van der Waals surface area contributed by atoms with Gasteiger partial charge in [0.25, 0.3) is 0 Å². The van der Waals surface area contributed by atoms with E-state index in [9.17, 15) is 4.79 Å². The lowest BCUT2D eigenvalue weighted by molar-refractivity contribution is 0.1000. The standard InChI is InChI=1S/C15H25N3O/c1-11(2)14(10-18(3)4)17-9-12-6-5-7-13(8-12)15(16)19/h5-8,11,14,17H,9-10H2,1-4H3,(H2,16,19). The maximum atomic E-state index is 11.1. The summed E-state index contributed by atoms with van der Waals surface area (Å²) in [5.41, 5.74) is 6.93. The summed E-state index contributed by atoms with van der Waals surface area (Å²) in [4.78, 5) is 13.3. The Labute approximate surface area is 116 Å². The van der Waals surface area contributed by atoms with Gasteiger partial charge in [0, 0.05) is 24.7 Å². The Kier molecular flexibility index (Phi) is 5.99. The van der Waals surface area contributed by atoms with Crippen LogP contribution in [-0.4, -0.2) is 37.5 Å². The van der Waals surface area contributed by atoms with Crippen LogP contribution in [0.2, 0.25) is 0 Å². The number of hydrogen-bond acceptors (Lipinski definition) is 3. The number of primary amides is 1.